The Balaban J connectivity index is 2.14. The van der Waals surface area contributed by atoms with E-state index in [0.717, 1.165) is 0 Å². The third-order valence-electron chi connectivity index (χ3n) is 3.07. The normalized spacial score (nSPS) is 10.7. The van der Waals surface area contributed by atoms with E-state index in [1.165, 1.54) is 29.4 Å². The Morgan fingerprint density at radius 3 is 2.61 bits per heavy atom. The maximum atomic E-state index is 12.6. The van der Waals surface area contributed by atoms with Crippen LogP contribution in [0.4, 0.5) is 5.82 Å². The van der Waals surface area contributed by atoms with Crippen LogP contribution in [0.5, 0.6) is 0 Å². The molecule has 0 aliphatic rings. The maximum absolute atomic E-state index is 12.6. The standard InChI is InChI=1S/C15H15Cl2N3O3/c1-9(2)20(8-14(21)18-13-5-6-23-19-13)15(22)11-4-3-10(16)7-12(11)17/h3-7,9H,8H2,1-2H3,(H,18,19,21). The van der Waals surface area contributed by atoms with Gasteiger partial charge in [0, 0.05) is 17.1 Å². The molecule has 2 amide bonds. The van der Waals surface area contributed by atoms with E-state index in [-0.39, 0.29) is 35.2 Å². The number of hydrogen-bond acceptors (Lipinski definition) is 4. The molecular weight excluding hydrogens is 341 g/mol. The van der Waals surface area contributed by atoms with Crippen molar-refractivity contribution in [1.29, 1.82) is 0 Å². The van der Waals surface area contributed by atoms with Crippen molar-refractivity contribution in [3.05, 3.63) is 46.1 Å². The largest absolute Gasteiger partial charge is 0.363 e. The molecule has 6 nitrogen and oxygen atoms in total. The summed E-state index contributed by atoms with van der Waals surface area (Å²) in [6.45, 7) is 3.48. The first-order valence-corrected chi connectivity index (χ1v) is 7.60. The number of carbonyl (C=O) groups excluding carboxylic acids is 2. The summed E-state index contributed by atoms with van der Waals surface area (Å²) in [5, 5.41) is 6.81. The van der Waals surface area contributed by atoms with Gasteiger partial charge < -0.3 is 14.7 Å². The highest BCUT2D eigenvalue weighted by atomic mass is 35.5. The molecule has 2 aromatic rings. The molecule has 0 radical (unpaired) electrons. The molecule has 122 valence electrons. The van der Waals surface area contributed by atoms with Gasteiger partial charge in [-0.25, -0.2) is 0 Å². The Bertz CT molecular complexity index is 702. The van der Waals surface area contributed by atoms with Crippen LogP contribution >= 0.6 is 23.2 Å². The third-order valence-corrected chi connectivity index (χ3v) is 3.61. The number of anilines is 1. The first-order valence-electron chi connectivity index (χ1n) is 6.84. The summed E-state index contributed by atoms with van der Waals surface area (Å²) in [6, 6.07) is 5.92. The van der Waals surface area contributed by atoms with Crippen molar-refractivity contribution in [1.82, 2.24) is 10.1 Å². The van der Waals surface area contributed by atoms with Crippen LogP contribution < -0.4 is 5.32 Å². The Kier molecular flexibility index (Phi) is 5.63. The highest BCUT2D eigenvalue weighted by molar-refractivity contribution is 6.36. The van der Waals surface area contributed by atoms with Gasteiger partial charge in [-0.15, -0.1) is 0 Å². The molecule has 0 aliphatic heterocycles. The van der Waals surface area contributed by atoms with Gasteiger partial charge >= 0.3 is 0 Å². The molecule has 8 heteroatoms. The average Bonchev–Trinajstić information content (AvgIpc) is 2.96. The van der Waals surface area contributed by atoms with Gasteiger partial charge in [0.25, 0.3) is 5.91 Å². The Hall–Kier alpha value is -2.05. The van der Waals surface area contributed by atoms with Crippen LogP contribution in [0.2, 0.25) is 10.0 Å². The second kappa shape index (κ2) is 7.48. The van der Waals surface area contributed by atoms with Gasteiger partial charge in [0.05, 0.1) is 10.6 Å². The summed E-state index contributed by atoms with van der Waals surface area (Å²) >= 11 is 11.9. The van der Waals surface area contributed by atoms with E-state index in [1.807, 2.05) is 13.8 Å². The fourth-order valence-electron chi connectivity index (χ4n) is 1.92. The lowest BCUT2D eigenvalue weighted by Gasteiger charge is -2.26. The Morgan fingerprint density at radius 1 is 1.30 bits per heavy atom. The number of amides is 2. The van der Waals surface area contributed by atoms with Crippen molar-refractivity contribution in [2.45, 2.75) is 19.9 Å². The number of hydrogen-bond donors (Lipinski definition) is 1. The van der Waals surface area contributed by atoms with E-state index in [1.54, 1.807) is 6.07 Å². The molecule has 0 bridgehead atoms. The monoisotopic (exact) mass is 355 g/mol. The van der Waals surface area contributed by atoms with Gasteiger partial charge in [0.2, 0.25) is 5.91 Å². The van der Waals surface area contributed by atoms with Crippen molar-refractivity contribution in [2.24, 2.45) is 0 Å². The van der Waals surface area contributed by atoms with E-state index in [0.29, 0.717) is 10.6 Å². The predicted molar refractivity (Wildman–Crippen MR) is 87.8 cm³/mol. The summed E-state index contributed by atoms with van der Waals surface area (Å²) in [4.78, 5) is 26.1. The number of nitrogens with one attached hydrogen (secondary N) is 1. The Morgan fingerprint density at radius 2 is 2.04 bits per heavy atom. The van der Waals surface area contributed by atoms with Gasteiger partial charge in [0.1, 0.15) is 12.8 Å². The summed E-state index contributed by atoms with van der Waals surface area (Å²) < 4.78 is 4.64. The molecule has 0 spiro atoms. The summed E-state index contributed by atoms with van der Waals surface area (Å²) in [7, 11) is 0. The van der Waals surface area contributed by atoms with E-state index in [9.17, 15) is 9.59 Å². The van der Waals surface area contributed by atoms with E-state index < -0.39 is 0 Å². The number of nitrogens with zero attached hydrogens (tertiary/aromatic N) is 2. The van der Waals surface area contributed by atoms with Gasteiger partial charge in [-0.05, 0) is 32.0 Å². The van der Waals surface area contributed by atoms with Crippen LogP contribution in [0.25, 0.3) is 0 Å². The minimum absolute atomic E-state index is 0.137. The quantitative estimate of drug-likeness (QED) is 0.890. The van der Waals surface area contributed by atoms with Gasteiger partial charge in [-0.2, -0.15) is 0 Å². The highest BCUT2D eigenvalue weighted by Gasteiger charge is 2.23. The lowest BCUT2D eigenvalue weighted by molar-refractivity contribution is -0.117. The van der Waals surface area contributed by atoms with Crippen molar-refractivity contribution in [3.8, 4) is 0 Å². The molecule has 1 aromatic heterocycles. The Labute approximate surface area is 143 Å². The van der Waals surface area contributed by atoms with Crippen LogP contribution in [0, 0.1) is 0 Å². The molecule has 0 saturated carbocycles. The molecule has 0 unspecified atom stereocenters. The molecule has 1 heterocycles. The molecule has 0 aliphatic carbocycles. The SMILES string of the molecule is CC(C)N(CC(=O)Nc1ccon1)C(=O)c1ccc(Cl)cc1Cl. The molecule has 0 fully saturated rings. The van der Waals surface area contributed by atoms with Gasteiger partial charge in [-0.1, -0.05) is 28.4 Å². The lowest BCUT2D eigenvalue weighted by Crippen LogP contribution is -2.42. The average molecular weight is 356 g/mol. The van der Waals surface area contributed by atoms with Crippen LogP contribution in [0.15, 0.2) is 35.1 Å². The van der Waals surface area contributed by atoms with E-state index in [4.69, 9.17) is 23.2 Å². The number of carbonyl (C=O) groups is 2. The zero-order valence-corrected chi connectivity index (χ0v) is 14.1. The van der Waals surface area contributed by atoms with Gasteiger partial charge in [-0.3, -0.25) is 9.59 Å². The molecule has 23 heavy (non-hydrogen) atoms. The number of benzene rings is 1. The number of aromatic nitrogens is 1. The fourth-order valence-corrected chi connectivity index (χ4v) is 2.41. The van der Waals surface area contributed by atoms with Gasteiger partial charge in [0.15, 0.2) is 5.82 Å². The predicted octanol–water partition coefficient (Wildman–Crippen LogP) is 3.47. The van der Waals surface area contributed by atoms with Crippen LogP contribution in [0.1, 0.15) is 24.2 Å². The maximum Gasteiger partial charge on any atom is 0.256 e. The zero-order chi connectivity index (χ0) is 17.0. The molecule has 0 atom stereocenters. The molecule has 2 rings (SSSR count). The molecular formula is C15H15Cl2N3O3. The summed E-state index contributed by atoms with van der Waals surface area (Å²) in [6.07, 6.45) is 1.34. The second-order valence-electron chi connectivity index (χ2n) is 5.08. The first kappa shape index (κ1) is 17.3. The summed E-state index contributed by atoms with van der Waals surface area (Å²) in [5.74, 6) is -0.446. The third kappa shape index (κ3) is 4.46. The first-order chi connectivity index (χ1) is 10.9. The van der Waals surface area contributed by atoms with E-state index in [2.05, 4.69) is 15.0 Å². The van der Waals surface area contributed by atoms with Crippen molar-refractivity contribution >= 4 is 40.8 Å². The minimum atomic E-state index is -0.383. The number of rotatable bonds is 5. The molecule has 0 saturated heterocycles. The lowest BCUT2D eigenvalue weighted by atomic mass is 10.1. The van der Waals surface area contributed by atoms with Crippen molar-refractivity contribution in [3.63, 3.8) is 0 Å². The topological polar surface area (TPSA) is 75.4 Å². The van der Waals surface area contributed by atoms with Crippen LogP contribution in [-0.4, -0.2) is 34.5 Å². The summed E-state index contributed by atoms with van der Waals surface area (Å²) in [5.41, 5.74) is 0.291. The number of halogens is 2. The fraction of sp³-hybridized carbons (Fsp3) is 0.267. The van der Waals surface area contributed by atoms with E-state index >= 15 is 0 Å². The van der Waals surface area contributed by atoms with Crippen molar-refractivity contribution in [2.75, 3.05) is 11.9 Å². The van der Waals surface area contributed by atoms with Crippen LogP contribution in [0.3, 0.4) is 0 Å². The molecule has 1 aromatic carbocycles. The smallest absolute Gasteiger partial charge is 0.256 e. The second-order valence-corrected chi connectivity index (χ2v) is 5.93. The highest BCUT2D eigenvalue weighted by Crippen LogP contribution is 2.23. The van der Waals surface area contributed by atoms with Crippen LogP contribution in [-0.2, 0) is 4.79 Å². The molecule has 1 N–H and O–H groups in total. The van der Waals surface area contributed by atoms with Crippen molar-refractivity contribution < 1.29 is 14.1 Å². The zero-order valence-electron chi connectivity index (χ0n) is 12.5. The minimum Gasteiger partial charge on any atom is -0.363 e.